The number of nitrogens with zero attached hydrogens (tertiary/aromatic N) is 2. The van der Waals surface area contributed by atoms with E-state index >= 15 is 0 Å². The molecule has 84 valence electrons. The summed E-state index contributed by atoms with van der Waals surface area (Å²) < 4.78 is 3.35. The van der Waals surface area contributed by atoms with Crippen LogP contribution in [0.2, 0.25) is 0 Å². The number of rotatable bonds is 4. The van der Waals surface area contributed by atoms with Crippen molar-refractivity contribution in [1.82, 2.24) is 9.13 Å². The van der Waals surface area contributed by atoms with Gasteiger partial charge in [-0.2, -0.15) is 0 Å². The van der Waals surface area contributed by atoms with E-state index < -0.39 is 0 Å². The van der Waals surface area contributed by atoms with Crippen molar-refractivity contribution >= 4 is 0 Å². The zero-order chi connectivity index (χ0) is 11.4. The van der Waals surface area contributed by atoms with Crippen LogP contribution in [0.3, 0.4) is 0 Å². The fraction of sp³-hybridized carbons (Fsp3) is 0.308. The highest BCUT2D eigenvalue weighted by atomic mass is 16.1. The van der Waals surface area contributed by atoms with Crippen LogP contribution >= 0.6 is 0 Å². The molecule has 0 aliphatic heterocycles. The zero-order valence-electron chi connectivity index (χ0n) is 9.47. The Balaban J connectivity index is 1.90. The van der Waals surface area contributed by atoms with E-state index in [1.165, 1.54) is 5.56 Å². The second kappa shape index (κ2) is 4.84. The maximum absolute atomic E-state index is 11.5. The maximum atomic E-state index is 11.5. The van der Waals surface area contributed by atoms with E-state index in [0.29, 0.717) is 0 Å². The van der Waals surface area contributed by atoms with Crippen LogP contribution < -0.4 is 5.69 Å². The highest BCUT2D eigenvalue weighted by Gasteiger charge is 1.99. The molecule has 2 rings (SSSR count). The summed E-state index contributed by atoms with van der Waals surface area (Å²) in [7, 11) is 1.77. The highest BCUT2D eigenvalue weighted by Crippen LogP contribution is 2.02. The molecule has 0 spiro atoms. The van der Waals surface area contributed by atoms with Crippen LogP contribution in [-0.4, -0.2) is 9.13 Å². The van der Waals surface area contributed by atoms with Crippen LogP contribution in [0, 0.1) is 0 Å². The predicted octanol–water partition coefficient (Wildman–Crippen LogP) is 1.82. The van der Waals surface area contributed by atoms with Crippen molar-refractivity contribution < 1.29 is 0 Å². The zero-order valence-corrected chi connectivity index (χ0v) is 9.47. The van der Waals surface area contributed by atoms with E-state index in [2.05, 4.69) is 12.1 Å². The van der Waals surface area contributed by atoms with Crippen LogP contribution in [0.4, 0.5) is 0 Å². The summed E-state index contributed by atoms with van der Waals surface area (Å²) in [5.41, 5.74) is 1.39. The Morgan fingerprint density at radius 3 is 2.50 bits per heavy atom. The maximum Gasteiger partial charge on any atom is 0.327 e. The van der Waals surface area contributed by atoms with Gasteiger partial charge in [0.2, 0.25) is 0 Å². The van der Waals surface area contributed by atoms with Crippen molar-refractivity contribution in [2.45, 2.75) is 19.4 Å². The SMILES string of the molecule is Cn1ccn(CCCc2ccccc2)c1=O. The molecule has 0 atom stereocenters. The monoisotopic (exact) mass is 216 g/mol. The lowest BCUT2D eigenvalue weighted by molar-refractivity contribution is 0.610. The predicted molar refractivity (Wildman–Crippen MR) is 64.4 cm³/mol. The third kappa shape index (κ3) is 2.42. The van der Waals surface area contributed by atoms with E-state index in [0.717, 1.165) is 19.4 Å². The molecule has 1 heterocycles. The number of aromatic nitrogens is 2. The summed E-state index contributed by atoms with van der Waals surface area (Å²) in [4.78, 5) is 11.5. The van der Waals surface area contributed by atoms with Gasteiger partial charge in [0, 0.05) is 26.0 Å². The number of imidazole rings is 1. The molecule has 0 amide bonds. The van der Waals surface area contributed by atoms with Gasteiger partial charge in [-0.1, -0.05) is 30.3 Å². The Kier molecular flexibility index (Phi) is 3.25. The average Bonchev–Trinajstić information content (AvgIpc) is 2.62. The van der Waals surface area contributed by atoms with E-state index in [1.807, 2.05) is 24.4 Å². The molecular formula is C13H16N2O. The van der Waals surface area contributed by atoms with Gasteiger partial charge >= 0.3 is 5.69 Å². The topological polar surface area (TPSA) is 26.9 Å². The first-order chi connectivity index (χ1) is 7.77. The largest absolute Gasteiger partial charge is 0.327 e. The molecule has 0 aliphatic rings. The third-order valence-corrected chi connectivity index (χ3v) is 2.72. The number of hydrogen-bond donors (Lipinski definition) is 0. The average molecular weight is 216 g/mol. The van der Waals surface area contributed by atoms with Gasteiger partial charge in [0.05, 0.1) is 0 Å². The number of benzene rings is 1. The van der Waals surface area contributed by atoms with Crippen LogP contribution in [0.1, 0.15) is 12.0 Å². The van der Waals surface area contributed by atoms with Crippen molar-refractivity contribution in [3.05, 3.63) is 58.8 Å². The summed E-state index contributed by atoms with van der Waals surface area (Å²) in [6.45, 7) is 0.786. The second-order valence-corrected chi connectivity index (χ2v) is 3.97. The van der Waals surface area contributed by atoms with Gasteiger partial charge < -0.3 is 4.57 Å². The molecule has 0 saturated carbocycles. The first-order valence-electron chi connectivity index (χ1n) is 5.53. The van der Waals surface area contributed by atoms with E-state index in [1.54, 1.807) is 22.4 Å². The van der Waals surface area contributed by atoms with E-state index in [4.69, 9.17) is 0 Å². The molecule has 1 aromatic heterocycles. The Hall–Kier alpha value is -1.77. The molecule has 0 fully saturated rings. The Bertz CT molecular complexity index is 496. The summed E-state index contributed by atoms with van der Waals surface area (Å²) in [6, 6.07) is 10.3. The fourth-order valence-corrected chi connectivity index (χ4v) is 1.78. The van der Waals surface area contributed by atoms with Crippen LogP contribution in [-0.2, 0) is 20.0 Å². The highest BCUT2D eigenvalue weighted by molar-refractivity contribution is 5.14. The summed E-state index contributed by atoms with van der Waals surface area (Å²) >= 11 is 0. The van der Waals surface area contributed by atoms with E-state index in [9.17, 15) is 4.79 Å². The minimum Gasteiger partial charge on any atom is -0.302 e. The minimum absolute atomic E-state index is 0.0630. The lowest BCUT2D eigenvalue weighted by Crippen LogP contribution is -2.22. The molecule has 3 nitrogen and oxygen atoms in total. The molecule has 0 unspecified atom stereocenters. The second-order valence-electron chi connectivity index (χ2n) is 3.97. The summed E-state index contributed by atoms with van der Waals surface area (Å²) in [5, 5.41) is 0. The molecule has 0 saturated heterocycles. The molecule has 1 aromatic carbocycles. The van der Waals surface area contributed by atoms with Crippen molar-refractivity contribution in [1.29, 1.82) is 0 Å². The van der Waals surface area contributed by atoms with Gasteiger partial charge in [0.15, 0.2) is 0 Å². The lowest BCUT2D eigenvalue weighted by Gasteiger charge is -2.01. The third-order valence-electron chi connectivity index (χ3n) is 2.72. The Morgan fingerprint density at radius 1 is 1.12 bits per heavy atom. The van der Waals surface area contributed by atoms with E-state index in [-0.39, 0.29) is 5.69 Å². The summed E-state index contributed by atoms with van der Waals surface area (Å²) in [6.07, 6.45) is 5.65. The lowest BCUT2D eigenvalue weighted by atomic mass is 10.1. The van der Waals surface area contributed by atoms with Gasteiger partial charge in [-0.15, -0.1) is 0 Å². The molecule has 0 N–H and O–H groups in total. The van der Waals surface area contributed by atoms with Gasteiger partial charge in [0.1, 0.15) is 0 Å². The van der Waals surface area contributed by atoms with Crippen LogP contribution in [0.25, 0.3) is 0 Å². The molecule has 16 heavy (non-hydrogen) atoms. The smallest absolute Gasteiger partial charge is 0.302 e. The van der Waals surface area contributed by atoms with Gasteiger partial charge in [0.25, 0.3) is 0 Å². The summed E-state index contributed by atoms with van der Waals surface area (Å²) in [5.74, 6) is 0. The van der Waals surface area contributed by atoms with Crippen LogP contribution in [0.15, 0.2) is 47.5 Å². The molecular weight excluding hydrogens is 200 g/mol. The van der Waals surface area contributed by atoms with Crippen molar-refractivity contribution in [3.8, 4) is 0 Å². The minimum atomic E-state index is 0.0630. The van der Waals surface area contributed by atoms with Gasteiger partial charge in [-0.05, 0) is 18.4 Å². The first-order valence-corrected chi connectivity index (χ1v) is 5.53. The molecule has 2 aromatic rings. The molecule has 0 bridgehead atoms. The van der Waals surface area contributed by atoms with Gasteiger partial charge in [-0.3, -0.25) is 4.57 Å². The standard InChI is InChI=1S/C13H16N2O/c1-14-10-11-15(13(14)16)9-5-8-12-6-3-2-4-7-12/h2-4,6-7,10-11H,5,8-9H2,1H3. The van der Waals surface area contributed by atoms with Crippen molar-refractivity contribution in [2.24, 2.45) is 7.05 Å². The van der Waals surface area contributed by atoms with Gasteiger partial charge in [-0.25, -0.2) is 4.79 Å². The Morgan fingerprint density at radius 2 is 1.88 bits per heavy atom. The van der Waals surface area contributed by atoms with Crippen molar-refractivity contribution in [2.75, 3.05) is 0 Å². The first kappa shape index (κ1) is 10.7. The molecule has 3 heteroatoms. The van der Waals surface area contributed by atoms with Crippen LogP contribution in [0.5, 0.6) is 0 Å². The normalized spacial score (nSPS) is 10.6. The molecule has 0 radical (unpaired) electrons. The number of aryl methyl sites for hydroxylation is 3. The Labute approximate surface area is 95.0 Å². The quantitative estimate of drug-likeness (QED) is 0.765. The molecule has 0 aliphatic carbocycles. The number of hydrogen-bond acceptors (Lipinski definition) is 1. The fourth-order valence-electron chi connectivity index (χ4n) is 1.78. The van der Waals surface area contributed by atoms with Crippen molar-refractivity contribution in [3.63, 3.8) is 0 Å².